The van der Waals surface area contributed by atoms with E-state index in [1.807, 2.05) is 0 Å². The average Bonchev–Trinajstić information content (AvgIpc) is 2.97. The quantitative estimate of drug-likeness (QED) is 0.839. The predicted octanol–water partition coefficient (Wildman–Crippen LogP) is 1.19. The molecule has 0 bridgehead atoms. The van der Waals surface area contributed by atoms with E-state index in [2.05, 4.69) is 4.98 Å². The van der Waals surface area contributed by atoms with E-state index in [-0.39, 0.29) is 23.5 Å². The monoisotopic (exact) mass is 339 g/mol. The highest BCUT2D eigenvalue weighted by atomic mass is 32.2. The second kappa shape index (κ2) is 6.38. The summed E-state index contributed by atoms with van der Waals surface area (Å²) in [5.41, 5.74) is 0.911. The minimum absolute atomic E-state index is 0.0439. The lowest BCUT2D eigenvalue weighted by atomic mass is 10.1. The van der Waals surface area contributed by atoms with Crippen LogP contribution in [-0.2, 0) is 28.2 Å². The Morgan fingerprint density at radius 2 is 2.09 bits per heavy atom. The summed E-state index contributed by atoms with van der Waals surface area (Å²) in [5, 5.41) is 0.0439. The van der Waals surface area contributed by atoms with Crippen LogP contribution in [0.3, 0.4) is 0 Å². The van der Waals surface area contributed by atoms with Crippen LogP contribution < -0.4 is 0 Å². The van der Waals surface area contributed by atoms with Crippen molar-refractivity contribution in [2.45, 2.75) is 17.6 Å². The highest BCUT2D eigenvalue weighted by Gasteiger charge is 2.32. The number of benzene rings is 1. The fourth-order valence-electron chi connectivity index (χ4n) is 2.57. The van der Waals surface area contributed by atoms with E-state index in [4.69, 9.17) is 4.74 Å². The van der Waals surface area contributed by atoms with Gasteiger partial charge in [0.15, 0.2) is 5.03 Å². The zero-order valence-electron chi connectivity index (χ0n) is 12.7. The van der Waals surface area contributed by atoms with Crippen molar-refractivity contribution < 1.29 is 17.5 Å². The molecule has 0 saturated carbocycles. The molecule has 0 amide bonds. The van der Waals surface area contributed by atoms with Gasteiger partial charge in [-0.25, -0.2) is 17.8 Å². The summed E-state index contributed by atoms with van der Waals surface area (Å²) in [6.45, 7) is 0.896. The highest BCUT2D eigenvalue weighted by molar-refractivity contribution is 7.89. The third-order valence-electron chi connectivity index (χ3n) is 3.76. The molecule has 2 aromatic rings. The van der Waals surface area contributed by atoms with Gasteiger partial charge in [0, 0.05) is 26.3 Å². The van der Waals surface area contributed by atoms with Crippen LogP contribution in [-0.4, -0.2) is 48.1 Å². The number of ether oxygens (including phenoxy) is 1. The summed E-state index contributed by atoms with van der Waals surface area (Å²) < 4.78 is 46.8. The van der Waals surface area contributed by atoms with Crippen LogP contribution in [0.2, 0.25) is 0 Å². The average molecular weight is 339 g/mol. The number of halogens is 1. The first-order valence-electron chi connectivity index (χ1n) is 7.29. The summed E-state index contributed by atoms with van der Waals surface area (Å²) in [5.74, 6) is -0.294. The number of imidazole rings is 1. The maximum atomic E-state index is 12.9. The first-order valence-corrected chi connectivity index (χ1v) is 8.73. The molecule has 1 aromatic heterocycles. The molecular formula is C15H18FN3O3S. The summed E-state index contributed by atoms with van der Waals surface area (Å²) in [4.78, 5) is 3.93. The lowest BCUT2D eigenvalue weighted by Crippen LogP contribution is -2.46. The lowest BCUT2D eigenvalue weighted by molar-refractivity contribution is -0.000564. The second-order valence-corrected chi connectivity index (χ2v) is 7.45. The Morgan fingerprint density at radius 1 is 1.35 bits per heavy atom. The van der Waals surface area contributed by atoms with E-state index < -0.39 is 10.0 Å². The molecule has 0 spiro atoms. The van der Waals surface area contributed by atoms with Gasteiger partial charge in [-0.1, -0.05) is 12.1 Å². The van der Waals surface area contributed by atoms with Crippen molar-refractivity contribution in [1.29, 1.82) is 0 Å². The van der Waals surface area contributed by atoms with Crippen LogP contribution in [0.4, 0.5) is 4.39 Å². The zero-order chi connectivity index (χ0) is 16.4. The molecular weight excluding hydrogens is 321 g/mol. The lowest BCUT2D eigenvalue weighted by Gasteiger charge is -2.31. The van der Waals surface area contributed by atoms with E-state index in [0.717, 1.165) is 5.56 Å². The number of aromatic nitrogens is 2. The van der Waals surface area contributed by atoms with Gasteiger partial charge in [-0.05, 0) is 24.1 Å². The standard InChI is InChI=1S/C15H18FN3O3S/c1-18-10-15(17-11-18)23(20,21)19-6-7-22-14(9-19)8-12-2-4-13(16)5-3-12/h2-5,10-11,14H,6-9H2,1H3/t14-/m0/s1. The van der Waals surface area contributed by atoms with Gasteiger partial charge in [0.2, 0.25) is 0 Å². The Balaban J connectivity index is 1.71. The largest absolute Gasteiger partial charge is 0.375 e. The molecule has 1 aromatic carbocycles. The summed E-state index contributed by atoms with van der Waals surface area (Å²) in [6.07, 6.45) is 3.23. The molecule has 1 aliphatic rings. The van der Waals surface area contributed by atoms with Gasteiger partial charge in [-0.3, -0.25) is 0 Å². The molecule has 8 heteroatoms. The molecule has 1 saturated heterocycles. The van der Waals surface area contributed by atoms with E-state index in [1.54, 1.807) is 23.7 Å². The van der Waals surface area contributed by atoms with E-state index >= 15 is 0 Å². The molecule has 124 valence electrons. The van der Waals surface area contributed by atoms with Gasteiger partial charge in [0.05, 0.1) is 19.0 Å². The molecule has 2 heterocycles. The maximum Gasteiger partial charge on any atom is 0.262 e. The fourth-order valence-corrected chi connectivity index (χ4v) is 3.99. The molecule has 1 atom stereocenters. The Morgan fingerprint density at radius 3 is 2.74 bits per heavy atom. The molecule has 3 rings (SSSR count). The number of sulfonamides is 1. The minimum Gasteiger partial charge on any atom is -0.375 e. The molecule has 0 aliphatic carbocycles. The van der Waals surface area contributed by atoms with Gasteiger partial charge in [-0.15, -0.1) is 0 Å². The van der Waals surface area contributed by atoms with Crippen LogP contribution in [0.25, 0.3) is 0 Å². The number of hydrogen-bond acceptors (Lipinski definition) is 4. The fraction of sp³-hybridized carbons (Fsp3) is 0.400. The molecule has 0 unspecified atom stereocenters. The topological polar surface area (TPSA) is 64.4 Å². The molecule has 23 heavy (non-hydrogen) atoms. The third kappa shape index (κ3) is 3.60. The first-order chi connectivity index (χ1) is 10.9. The Labute approximate surface area is 134 Å². The Bertz CT molecular complexity index is 774. The van der Waals surface area contributed by atoms with Crippen molar-refractivity contribution in [3.63, 3.8) is 0 Å². The van der Waals surface area contributed by atoms with E-state index in [9.17, 15) is 12.8 Å². The normalized spacial score (nSPS) is 19.8. The zero-order valence-corrected chi connectivity index (χ0v) is 13.5. The molecule has 6 nitrogen and oxygen atoms in total. The smallest absolute Gasteiger partial charge is 0.262 e. The second-order valence-electron chi connectivity index (χ2n) is 5.56. The van der Waals surface area contributed by atoms with Gasteiger partial charge < -0.3 is 9.30 Å². The van der Waals surface area contributed by atoms with Gasteiger partial charge in [-0.2, -0.15) is 4.31 Å². The summed E-state index contributed by atoms with van der Waals surface area (Å²) in [7, 11) is -1.89. The highest BCUT2D eigenvalue weighted by Crippen LogP contribution is 2.19. The van der Waals surface area contributed by atoms with Crippen LogP contribution in [0.1, 0.15) is 5.56 Å². The molecule has 1 aliphatic heterocycles. The first kappa shape index (κ1) is 16.1. The van der Waals surface area contributed by atoms with Gasteiger partial charge in [0.1, 0.15) is 5.82 Å². The van der Waals surface area contributed by atoms with E-state index in [0.29, 0.717) is 19.6 Å². The number of hydrogen-bond donors (Lipinski definition) is 0. The maximum absolute atomic E-state index is 12.9. The summed E-state index contributed by atoms with van der Waals surface area (Å²) in [6, 6.07) is 6.15. The molecule has 1 fully saturated rings. The van der Waals surface area contributed by atoms with Crippen LogP contribution in [0, 0.1) is 5.82 Å². The molecule has 0 radical (unpaired) electrons. The van der Waals surface area contributed by atoms with Gasteiger partial charge >= 0.3 is 0 Å². The van der Waals surface area contributed by atoms with Crippen molar-refractivity contribution in [1.82, 2.24) is 13.9 Å². The number of nitrogens with zero attached hydrogens (tertiary/aromatic N) is 3. The third-order valence-corrected chi connectivity index (χ3v) is 5.51. The minimum atomic E-state index is -3.61. The molecule has 0 N–H and O–H groups in total. The number of aryl methyl sites for hydroxylation is 1. The van der Waals surface area contributed by atoms with Crippen LogP contribution in [0.5, 0.6) is 0 Å². The Kier molecular flexibility index (Phi) is 4.47. The number of morpholine rings is 1. The van der Waals surface area contributed by atoms with Crippen molar-refractivity contribution in [3.8, 4) is 0 Å². The van der Waals surface area contributed by atoms with Crippen LogP contribution in [0.15, 0.2) is 41.8 Å². The number of rotatable bonds is 4. The van der Waals surface area contributed by atoms with E-state index in [1.165, 1.54) is 29.0 Å². The van der Waals surface area contributed by atoms with Crippen molar-refractivity contribution in [3.05, 3.63) is 48.2 Å². The van der Waals surface area contributed by atoms with Gasteiger partial charge in [0.25, 0.3) is 10.0 Å². The summed E-state index contributed by atoms with van der Waals surface area (Å²) >= 11 is 0. The Hall–Kier alpha value is -1.77. The van der Waals surface area contributed by atoms with Crippen molar-refractivity contribution >= 4 is 10.0 Å². The SMILES string of the molecule is Cn1cnc(S(=O)(=O)N2CCO[C@@H](Cc3ccc(F)cc3)C2)c1. The van der Waals surface area contributed by atoms with Crippen LogP contribution >= 0.6 is 0 Å². The van der Waals surface area contributed by atoms with Crippen molar-refractivity contribution in [2.75, 3.05) is 19.7 Å². The van der Waals surface area contributed by atoms with Crippen molar-refractivity contribution in [2.24, 2.45) is 7.05 Å². The predicted molar refractivity (Wildman–Crippen MR) is 81.8 cm³/mol.